The highest BCUT2D eigenvalue weighted by atomic mass is 14.9. The number of unbranched alkanes of at least 4 members (excludes halogenated alkanes) is 2. The molecule has 110 valence electrons. The third-order valence-corrected chi connectivity index (χ3v) is 3.49. The predicted molar refractivity (Wildman–Crippen MR) is 84.1 cm³/mol. The smallest absolute Gasteiger partial charge is 0.00696 e. The number of nitrogens with one attached hydrogen (secondary N) is 1. The van der Waals surface area contributed by atoms with Gasteiger partial charge < -0.3 is 5.32 Å². The van der Waals surface area contributed by atoms with Crippen LogP contribution in [0.3, 0.4) is 0 Å². The van der Waals surface area contributed by atoms with Crippen LogP contribution >= 0.6 is 0 Å². The highest BCUT2D eigenvalue weighted by Gasteiger charge is 2.18. The molecule has 0 aromatic heterocycles. The summed E-state index contributed by atoms with van der Waals surface area (Å²) < 4.78 is 0. The van der Waals surface area contributed by atoms with E-state index in [-0.39, 0.29) is 0 Å². The SMILES string of the molecule is CCCCCC(CC(C)CC(C)(C)C)NCCC. The summed E-state index contributed by atoms with van der Waals surface area (Å²) in [5.74, 6) is 0.834. The Morgan fingerprint density at radius 1 is 1.00 bits per heavy atom. The highest BCUT2D eigenvalue weighted by Crippen LogP contribution is 2.27. The molecule has 2 atom stereocenters. The third kappa shape index (κ3) is 11.1. The fourth-order valence-electron chi connectivity index (χ4n) is 2.91. The maximum atomic E-state index is 3.74. The Morgan fingerprint density at radius 3 is 2.17 bits per heavy atom. The molecule has 0 spiro atoms. The van der Waals surface area contributed by atoms with Gasteiger partial charge in [-0.25, -0.2) is 0 Å². The fraction of sp³-hybridized carbons (Fsp3) is 1.00. The normalized spacial score (nSPS) is 15.7. The molecule has 0 fully saturated rings. The molecule has 1 heteroatoms. The molecule has 1 nitrogen and oxygen atoms in total. The van der Waals surface area contributed by atoms with Crippen LogP contribution in [0.25, 0.3) is 0 Å². The quantitative estimate of drug-likeness (QED) is 0.516. The van der Waals surface area contributed by atoms with E-state index in [2.05, 4.69) is 46.9 Å². The molecule has 0 amide bonds. The van der Waals surface area contributed by atoms with Crippen LogP contribution in [-0.2, 0) is 0 Å². The third-order valence-electron chi connectivity index (χ3n) is 3.49. The lowest BCUT2D eigenvalue weighted by Gasteiger charge is -2.27. The summed E-state index contributed by atoms with van der Waals surface area (Å²) in [4.78, 5) is 0. The van der Waals surface area contributed by atoms with Gasteiger partial charge in [0.25, 0.3) is 0 Å². The maximum Gasteiger partial charge on any atom is 0.00696 e. The molecule has 0 aliphatic heterocycles. The van der Waals surface area contributed by atoms with Crippen LogP contribution in [0, 0.1) is 11.3 Å². The van der Waals surface area contributed by atoms with Crippen LogP contribution in [-0.4, -0.2) is 12.6 Å². The van der Waals surface area contributed by atoms with E-state index in [0.717, 1.165) is 12.0 Å². The van der Waals surface area contributed by atoms with Gasteiger partial charge in [-0.15, -0.1) is 0 Å². The first kappa shape index (κ1) is 18.0. The Hall–Kier alpha value is -0.0400. The maximum absolute atomic E-state index is 3.74. The zero-order valence-electron chi connectivity index (χ0n) is 13.8. The van der Waals surface area contributed by atoms with E-state index in [4.69, 9.17) is 0 Å². The van der Waals surface area contributed by atoms with Crippen LogP contribution in [0.1, 0.15) is 86.5 Å². The van der Waals surface area contributed by atoms with Crippen molar-refractivity contribution in [2.75, 3.05) is 6.54 Å². The van der Waals surface area contributed by atoms with E-state index >= 15 is 0 Å². The van der Waals surface area contributed by atoms with Crippen molar-refractivity contribution in [3.63, 3.8) is 0 Å². The van der Waals surface area contributed by atoms with E-state index in [1.807, 2.05) is 0 Å². The lowest BCUT2D eigenvalue weighted by atomic mass is 9.82. The Morgan fingerprint density at radius 2 is 1.67 bits per heavy atom. The lowest BCUT2D eigenvalue weighted by Crippen LogP contribution is -2.32. The average Bonchev–Trinajstić information content (AvgIpc) is 2.23. The average molecular weight is 255 g/mol. The molecule has 18 heavy (non-hydrogen) atoms. The first-order valence-corrected chi connectivity index (χ1v) is 8.12. The molecule has 0 radical (unpaired) electrons. The molecule has 0 bridgehead atoms. The molecule has 0 aliphatic carbocycles. The van der Waals surface area contributed by atoms with E-state index in [0.29, 0.717) is 5.41 Å². The molecule has 0 aliphatic rings. The van der Waals surface area contributed by atoms with Gasteiger partial charge in [0.2, 0.25) is 0 Å². The summed E-state index contributed by atoms with van der Waals surface area (Å²) >= 11 is 0. The fourth-order valence-corrected chi connectivity index (χ4v) is 2.91. The van der Waals surface area contributed by atoms with Gasteiger partial charge in [-0.3, -0.25) is 0 Å². The van der Waals surface area contributed by atoms with Crippen molar-refractivity contribution in [2.45, 2.75) is 92.5 Å². The summed E-state index contributed by atoms with van der Waals surface area (Å²) in [7, 11) is 0. The number of hydrogen-bond donors (Lipinski definition) is 1. The zero-order chi connectivity index (χ0) is 14.0. The first-order chi connectivity index (χ1) is 8.39. The van der Waals surface area contributed by atoms with Gasteiger partial charge in [0, 0.05) is 6.04 Å². The van der Waals surface area contributed by atoms with Crippen LogP contribution < -0.4 is 5.32 Å². The molecule has 0 aromatic carbocycles. The van der Waals surface area contributed by atoms with Gasteiger partial charge >= 0.3 is 0 Å². The van der Waals surface area contributed by atoms with E-state index in [1.165, 1.54) is 51.5 Å². The van der Waals surface area contributed by atoms with Crippen molar-refractivity contribution in [2.24, 2.45) is 11.3 Å². The van der Waals surface area contributed by atoms with Gasteiger partial charge in [-0.05, 0) is 43.6 Å². The Kier molecular flexibility index (Phi) is 9.81. The molecule has 0 aromatic rings. The molecule has 1 N–H and O–H groups in total. The predicted octanol–water partition coefficient (Wildman–Crippen LogP) is 5.40. The summed E-state index contributed by atoms with van der Waals surface area (Å²) in [6.45, 7) is 15.2. The summed E-state index contributed by atoms with van der Waals surface area (Å²) in [5, 5.41) is 3.74. The first-order valence-electron chi connectivity index (χ1n) is 8.12. The van der Waals surface area contributed by atoms with Crippen molar-refractivity contribution in [1.29, 1.82) is 0 Å². The van der Waals surface area contributed by atoms with Gasteiger partial charge in [0.15, 0.2) is 0 Å². The minimum atomic E-state index is 0.470. The molecule has 2 unspecified atom stereocenters. The minimum Gasteiger partial charge on any atom is -0.314 e. The summed E-state index contributed by atoms with van der Waals surface area (Å²) in [6, 6.07) is 0.744. The van der Waals surface area contributed by atoms with E-state index in [1.54, 1.807) is 0 Å². The molecular weight excluding hydrogens is 218 g/mol. The Bertz CT molecular complexity index is 181. The van der Waals surface area contributed by atoms with Gasteiger partial charge in [0.1, 0.15) is 0 Å². The summed E-state index contributed by atoms with van der Waals surface area (Å²) in [6.07, 6.45) is 9.41. The van der Waals surface area contributed by atoms with Crippen LogP contribution in [0.15, 0.2) is 0 Å². The second-order valence-electron chi connectivity index (χ2n) is 7.25. The standard InChI is InChI=1S/C17H37N/c1-7-9-10-11-16(18-12-8-2)13-15(3)14-17(4,5)6/h15-16,18H,7-14H2,1-6H3. The topological polar surface area (TPSA) is 12.0 Å². The van der Waals surface area contributed by atoms with Crippen molar-refractivity contribution in [3.05, 3.63) is 0 Å². The van der Waals surface area contributed by atoms with Crippen LogP contribution in [0.4, 0.5) is 0 Å². The van der Waals surface area contributed by atoms with Crippen molar-refractivity contribution in [1.82, 2.24) is 5.32 Å². The molecule has 0 heterocycles. The van der Waals surface area contributed by atoms with Crippen molar-refractivity contribution < 1.29 is 0 Å². The number of hydrogen-bond acceptors (Lipinski definition) is 1. The Balaban J connectivity index is 4.03. The van der Waals surface area contributed by atoms with E-state index in [9.17, 15) is 0 Å². The second-order valence-corrected chi connectivity index (χ2v) is 7.25. The van der Waals surface area contributed by atoms with E-state index < -0.39 is 0 Å². The van der Waals surface area contributed by atoms with Crippen molar-refractivity contribution >= 4 is 0 Å². The molecule has 0 saturated carbocycles. The van der Waals surface area contributed by atoms with Crippen molar-refractivity contribution in [3.8, 4) is 0 Å². The minimum absolute atomic E-state index is 0.470. The lowest BCUT2D eigenvalue weighted by molar-refractivity contribution is 0.269. The largest absolute Gasteiger partial charge is 0.314 e. The monoisotopic (exact) mass is 255 g/mol. The molecule has 0 rings (SSSR count). The zero-order valence-corrected chi connectivity index (χ0v) is 13.8. The van der Waals surface area contributed by atoms with Gasteiger partial charge in [-0.2, -0.15) is 0 Å². The summed E-state index contributed by atoms with van der Waals surface area (Å²) in [5.41, 5.74) is 0.470. The number of rotatable bonds is 10. The highest BCUT2D eigenvalue weighted by molar-refractivity contribution is 4.74. The van der Waals surface area contributed by atoms with Crippen LogP contribution in [0.5, 0.6) is 0 Å². The Labute approximate surface area is 116 Å². The second kappa shape index (κ2) is 9.83. The molecular formula is C17H37N. The van der Waals surface area contributed by atoms with Gasteiger partial charge in [-0.1, -0.05) is 60.8 Å². The molecule has 0 saturated heterocycles. The van der Waals surface area contributed by atoms with Gasteiger partial charge in [0.05, 0.1) is 0 Å². The van der Waals surface area contributed by atoms with Crippen LogP contribution in [0.2, 0.25) is 0 Å².